The fraction of sp³-hybridized carbons (Fsp3) is 0.917. The number of hydrogen-bond donors (Lipinski definition) is 3. The average Bonchev–Trinajstić information content (AvgIpc) is 3.16. The lowest BCUT2D eigenvalue weighted by atomic mass is 10.0. The van der Waals surface area contributed by atoms with Gasteiger partial charge in [-0.25, -0.2) is 0 Å². The lowest BCUT2D eigenvalue weighted by Crippen LogP contribution is -2.46. The van der Waals surface area contributed by atoms with Crippen molar-refractivity contribution in [1.82, 2.24) is 5.32 Å². The molecule has 6 nitrogen and oxygen atoms in total. The number of rotatable bonds is 43. The summed E-state index contributed by atoms with van der Waals surface area (Å²) < 4.78 is 5.90. The van der Waals surface area contributed by atoms with E-state index in [9.17, 15) is 19.8 Å². The van der Waals surface area contributed by atoms with Crippen molar-refractivity contribution in [2.75, 3.05) is 6.61 Å². The molecule has 54 heavy (non-hydrogen) atoms. The summed E-state index contributed by atoms with van der Waals surface area (Å²) in [7, 11) is 0. The van der Waals surface area contributed by atoms with E-state index < -0.39 is 18.2 Å². The number of hydrogen-bond acceptors (Lipinski definition) is 5. The van der Waals surface area contributed by atoms with Gasteiger partial charge in [0.05, 0.1) is 25.2 Å². The van der Waals surface area contributed by atoms with Gasteiger partial charge < -0.3 is 20.3 Å². The molecular formula is C48H93NO5. The number of ether oxygens (including phenoxy) is 1. The molecule has 0 radical (unpaired) electrons. The van der Waals surface area contributed by atoms with E-state index >= 15 is 0 Å². The van der Waals surface area contributed by atoms with Crippen molar-refractivity contribution in [2.45, 2.75) is 277 Å². The molecule has 0 saturated heterocycles. The Kier molecular flexibility index (Phi) is 41.6. The van der Waals surface area contributed by atoms with Crippen molar-refractivity contribution >= 4 is 11.9 Å². The van der Waals surface area contributed by atoms with Gasteiger partial charge in [0, 0.05) is 6.42 Å². The third-order valence-corrected chi connectivity index (χ3v) is 11.1. The molecule has 6 heteroatoms. The van der Waals surface area contributed by atoms with E-state index in [4.69, 9.17) is 4.74 Å². The van der Waals surface area contributed by atoms with E-state index in [2.05, 4.69) is 38.2 Å². The highest BCUT2D eigenvalue weighted by atomic mass is 16.5. The number of allylic oxidation sites excluding steroid dienone is 2. The van der Waals surface area contributed by atoms with E-state index in [-0.39, 0.29) is 24.9 Å². The van der Waals surface area contributed by atoms with E-state index in [1.807, 2.05) is 0 Å². The summed E-state index contributed by atoms with van der Waals surface area (Å²) >= 11 is 0. The Balaban J connectivity index is 4.50. The fourth-order valence-electron chi connectivity index (χ4n) is 7.43. The topological polar surface area (TPSA) is 95.9 Å². The van der Waals surface area contributed by atoms with Crippen LogP contribution in [0.3, 0.4) is 0 Å². The van der Waals surface area contributed by atoms with Crippen molar-refractivity contribution in [1.29, 1.82) is 0 Å². The van der Waals surface area contributed by atoms with Crippen LogP contribution in [0.5, 0.6) is 0 Å². The van der Waals surface area contributed by atoms with Crippen LogP contribution >= 0.6 is 0 Å². The Morgan fingerprint density at radius 3 is 1.35 bits per heavy atom. The molecule has 1 amide bonds. The molecule has 3 atom stereocenters. The number of aliphatic hydroxyl groups excluding tert-OH is 2. The maximum Gasteiger partial charge on any atom is 0.306 e. The molecule has 0 heterocycles. The minimum atomic E-state index is -0.783. The molecule has 0 aromatic heterocycles. The molecule has 0 aliphatic rings. The van der Waals surface area contributed by atoms with E-state index in [1.165, 1.54) is 148 Å². The van der Waals surface area contributed by atoms with Gasteiger partial charge in [-0.3, -0.25) is 9.59 Å². The number of nitrogens with one attached hydrogen (secondary N) is 1. The Morgan fingerprint density at radius 2 is 0.889 bits per heavy atom. The SMILES string of the molecule is CCCCC/C=C\CCCCCC(CC(=O)NC(CO)C(O)CCCCCCCCCCCC)OC(=O)CCCCCCCCCCCCCCCCC. The van der Waals surface area contributed by atoms with Gasteiger partial charge in [0.1, 0.15) is 6.10 Å². The van der Waals surface area contributed by atoms with Gasteiger partial charge >= 0.3 is 5.97 Å². The Labute approximate surface area is 336 Å². The Morgan fingerprint density at radius 1 is 0.519 bits per heavy atom. The van der Waals surface area contributed by atoms with Crippen LogP contribution in [0.25, 0.3) is 0 Å². The molecule has 0 bridgehead atoms. The summed E-state index contributed by atoms with van der Waals surface area (Å²) in [5.74, 6) is -0.479. The van der Waals surface area contributed by atoms with Crippen LogP contribution in [-0.4, -0.2) is 46.9 Å². The first-order valence-corrected chi connectivity index (χ1v) is 23.9. The van der Waals surface area contributed by atoms with Gasteiger partial charge in [0.25, 0.3) is 0 Å². The third-order valence-electron chi connectivity index (χ3n) is 11.1. The first kappa shape index (κ1) is 52.6. The van der Waals surface area contributed by atoms with Crippen molar-refractivity contribution in [3.63, 3.8) is 0 Å². The van der Waals surface area contributed by atoms with Gasteiger partial charge in [-0.15, -0.1) is 0 Å². The van der Waals surface area contributed by atoms with Crippen molar-refractivity contribution in [3.05, 3.63) is 12.2 Å². The predicted molar refractivity (Wildman–Crippen MR) is 232 cm³/mol. The lowest BCUT2D eigenvalue weighted by molar-refractivity contribution is -0.151. The molecule has 0 aliphatic heterocycles. The summed E-state index contributed by atoms with van der Waals surface area (Å²) in [5.41, 5.74) is 0. The van der Waals surface area contributed by atoms with Gasteiger partial charge in [-0.05, 0) is 51.4 Å². The minimum Gasteiger partial charge on any atom is -0.462 e. The Hall–Kier alpha value is -1.40. The number of carbonyl (C=O) groups excluding carboxylic acids is 2. The van der Waals surface area contributed by atoms with Crippen molar-refractivity contribution in [2.24, 2.45) is 0 Å². The zero-order valence-electron chi connectivity index (χ0n) is 36.4. The van der Waals surface area contributed by atoms with Crippen LogP contribution in [-0.2, 0) is 14.3 Å². The van der Waals surface area contributed by atoms with Gasteiger partial charge in [-0.2, -0.15) is 0 Å². The minimum absolute atomic E-state index is 0.0728. The zero-order valence-corrected chi connectivity index (χ0v) is 36.4. The van der Waals surface area contributed by atoms with Crippen LogP contribution in [0.1, 0.15) is 258 Å². The van der Waals surface area contributed by atoms with Crippen LogP contribution < -0.4 is 5.32 Å². The summed E-state index contributed by atoms with van der Waals surface area (Å²) in [6, 6.07) is -0.697. The normalized spacial score (nSPS) is 13.4. The standard InChI is InChI=1S/C48H93NO5/c1-4-7-10-13-16-19-22-23-24-25-26-29-32-35-38-41-48(53)54-44(39-36-33-30-27-20-17-14-11-8-5-2)42-47(52)49-45(43-50)46(51)40-37-34-31-28-21-18-15-12-9-6-3/h17,20,44-46,50-51H,4-16,18-19,21-43H2,1-3H3,(H,49,52)/b20-17-. The van der Waals surface area contributed by atoms with Gasteiger partial charge in [0.15, 0.2) is 0 Å². The van der Waals surface area contributed by atoms with Crippen LogP contribution in [0.2, 0.25) is 0 Å². The molecule has 0 spiro atoms. The number of unbranched alkanes of at least 4 members (excludes halogenated alkanes) is 29. The average molecular weight is 764 g/mol. The lowest BCUT2D eigenvalue weighted by Gasteiger charge is -2.24. The fourth-order valence-corrected chi connectivity index (χ4v) is 7.43. The molecule has 0 aliphatic carbocycles. The molecule has 0 fully saturated rings. The maximum atomic E-state index is 13.1. The number of amides is 1. The van der Waals surface area contributed by atoms with Gasteiger partial charge in [0.2, 0.25) is 5.91 Å². The molecule has 0 aromatic rings. The first-order chi connectivity index (χ1) is 26.5. The molecule has 320 valence electrons. The highest BCUT2D eigenvalue weighted by molar-refractivity contribution is 5.77. The maximum absolute atomic E-state index is 13.1. The molecule has 0 saturated carbocycles. The van der Waals surface area contributed by atoms with Gasteiger partial charge in [-0.1, -0.05) is 206 Å². The highest BCUT2D eigenvalue weighted by Gasteiger charge is 2.24. The second-order valence-corrected chi connectivity index (χ2v) is 16.5. The summed E-state index contributed by atoms with van der Waals surface area (Å²) in [6.07, 6.45) is 45.6. The predicted octanol–water partition coefficient (Wildman–Crippen LogP) is 13.8. The quantitative estimate of drug-likeness (QED) is 0.0326. The number of esters is 1. The Bertz CT molecular complexity index is 817. The van der Waals surface area contributed by atoms with E-state index in [0.717, 1.165) is 64.2 Å². The molecule has 3 unspecified atom stereocenters. The monoisotopic (exact) mass is 764 g/mol. The summed E-state index contributed by atoms with van der Waals surface area (Å²) in [6.45, 7) is 6.44. The van der Waals surface area contributed by atoms with Crippen LogP contribution in [0, 0.1) is 0 Å². The van der Waals surface area contributed by atoms with Crippen LogP contribution in [0.15, 0.2) is 12.2 Å². The largest absolute Gasteiger partial charge is 0.462 e. The van der Waals surface area contributed by atoms with Crippen LogP contribution in [0.4, 0.5) is 0 Å². The van der Waals surface area contributed by atoms with Crippen molar-refractivity contribution < 1.29 is 24.5 Å². The van der Waals surface area contributed by atoms with E-state index in [1.54, 1.807) is 0 Å². The molecule has 3 N–H and O–H groups in total. The zero-order chi connectivity index (χ0) is 39.6. The highest BCUT2D eigenvalue weighted by Crippen LogP contribution is 2.18. The smallest absolute Gasteiger partial charge is 0.306 e. The summed E-state index contributed by atoms with van der Waals surface area (Å²) in [5, 5.41) is 23.6. The van der Waals surface area contributed by atoms with Crippen molar-refractivity contribution in [3.8, 4) is 0 Å². The molecule has 0 rings (SSSR count). The second kappa shape index (κ2) is 42.7. The second-order valence-electron chi connectivity index (χ2n) is 16.5. The molecule has 0 aromatic carbocycles. The third kappa shape index (κ3) is 37.5. The van der Waals surface area contributed by atoms with E-state index in [0.29, 0.717) is 19.3 Å². The first-order valence-electron chi connectivity index (χ1n) is 23.9. The summed E-state index contributed by atoms with van der Waals surface area (Å²) in [4.78, 5) is 26.0. The number of carbonyl (C=O) groups is 2. The number of aliphatic hydroxyl groups is 2. The molecular weight excluding hydrogens is 671 g/mol.